The number of imide groups is 1. The summed E-state index contributed by atoms with van der Waals surface area (Å²) in [5.41, 5.74) is 0.424. The van der Waals surface area contributed by atoms with Crippen molar-refractivity contribution in [1.29, 1.82) is 0 Å². The molecule has 1 aromatic heterocycles. The average molecular weight is 418 g/mol. The van der Waals surface area contributed by atoms with Gasteiger partial charge in [-0.25, -0.2) is 9.88 Å². The number of carbonyl (C=O) groups is 2. The number of alkyl halides is 2. The molecule has 3 heterocycles. The standard InChI is InChI=1S/C20H20F2N4O2S/c21-20(22)29-15-6-4-14(5-7-15)26-18(27)13-16(19(26)28)24-9-11-25(12-10-24)17-3-1-2-8-23-17/h1-8,16,20H,9-13H2/t16-/m1/s1. The average Bonchev–Trinajstić information content (AvgIpc) is 3.03. The van der Waals surface area contributed by atoms with E-state index in [0.29, 0.717) is 35.4 Å². The number of hydrogen-bond acceptors (Lipinski definition) is 6. The van der Waals surface area contributed by atoms with Gasteiger partial charge in [-0.15, -0.1) is 0 Å². The van der Waals surface area contributed by atoms with Gasteiger partial charge >= 0.3 is 0 Å². The highest BCUT2D eigenvalue weighted by Crippen LogP contribution is 2.30. The van der Waals surface area contributed by atoms with Crippen molar-refractivity contribution in [3.63, 3.8) is 0 Å². The van der Waals surface area contributed by atoms with Crippen LogP contribution in [0, 0.1) is 0 Å². The fourth-order valence-corrected chi connectivity index (χ4v) is 4.25. The lowest BCUT2D eigenvalue weighted by Gasteiger charge is -2.37. The van der Waals surface area contributed by atoms with E-state index in [9.17, 15) is 18.4 Å². The summed E-state index contributed by atoms with van der Waals surface area (Å²) in [6.07, 6.45) is 1.89. The number of aromatic nitrogens is 1. The monoisotopic (exact) mass is 418 g/mol. The number of nitrogens with zero attached hydrogens (tertiary/aromatic N) is 4. The van der Waals surface area contributed by atoms with Gasteiger partial charge in [0.1, 0.15) is 5.82 Å². The predicted octanol–water partition coefficient (Wildman–Crippen LogP) is 2.85. The van der Waals surface area contributed by atoms with Crippen molar-refractivity contribution in [2.75, 3.05) is 36.0 Å². The lowest BCUT2D eigenvalue weighted by atomic mass is 10.1. The lowest BCUT2D eigenvalue weighted by Crippen LogP contribution is -2.52. The van der Waals surface area contributed by atoms with E-state index in [0.717, 1.165) is 18.9 Å². The molecule has 2 aliphatic heterocycles. The van der Waals surface area contributed by atoms with Gasteiger partial charge in [-0.05, 0) is 36.4 Å². The zero-order valence-electron chi connectivity index (χ0n) is 15.6. The first-order chi connectivity index (χ1) is 14.0. The Morgan fingerprint density at radius 1 is 1.00 bits per heavy atom. The Kier molecular flexibility index (Phi) is 5.77. The van der Waals surface area contributed by atoms with Crippen molar-refractivity contribution in [1.82, 2.24) is 9.88 Å². The maximum absolute atomic E-state index is 12.9. The molecule has 4 rings (SSSR count). The molecule has 152 valence electrons. The molecule has 0 radical (unpaired) electrons. The van der Waals surface area contributed by atoms with Crippen LogP contribution in [0.2, 0.25) is 0 Å². The number of anilines is 2. The van der Waals surface area contributed by atoms with E-state index in [4.69, 9.17) is 0 Å². The molecule has 2 aromatic rings. The smallest absolute Gasteiger partial charge is 0.288 e. The molecule has 1 aromatic carbocycles. The van der Waals surface area contributed by atoms with Gasteiger partial charge in [-0.1, -0.05) is 17.8 Å². The molecule has 0 spiro atoms. The number of hydrogen-bond donors (Lipinski definition) is 0. The Morgan fingerprint density at radius 2 is 1.72 bits per heavy atom. The summed E-state index contributed by atoms with van der Waals surface area (Å²) >= 11 is 0.433. The Hall–Kier alpha value is -2.52. The minimum atomic E-state index is -2.51. The topological polar surface area (TPSA) is 56.8 Å². The molecule has 2 amide bonds. The Bertz CT molecular complexity index is 874. The minimum Gasteiger partial charge on any atom is -0.354 e. The third-order valence-electron chi connectivity index (χ3n) is 5.17. The number of carbonyl (C=O) groups excluding carboxylic acids is 2. The lowest BCUT2D eigenvalue weighted by molar-refractivity contribution is -0.123. The fraction of sp³-hybridized carbons (Fsp3) is 0.350. The van der Waals surface area contributed by atoms with Crippen LogP contribution in [-0.2, 0) is 9.59 Å². The number of piperazine rings is 1. The Balaban J connectivity index is 1.41. The molecule has 1 atom stereocenters. The van der Waals surface area contributed by atoms with Crippen LogP contribution in [0.25, 0.3) is 0 Å². The summed E-state index contributed by atoms with van der Waals surface area (Å²) in [6, 6.07) is 11.4. The van der Waals surface area contributed by atoms with Gasteiger partial charge in [-0.2, -0.15) is 8.78 Å². The van der Waals surface area contributed by atoms with Crippen molar-refractivity contribution in [2.45, 2.75) is 23.1 Å². The van der Waals surface area contributed by atoms with Crippen LogP contribution in [0.3, 0.4) is 0 Å². The highest BCUT2D eigenvalue weighted by Gasteiger charge is 2.43. The van der Waals surface area contributed by atoms with Crippen LogP contribution in [0.15, 0.2) is 53.6 Å². The number of amides is 2. The molecular formula is C20H20F2N4O2S. The highest BCUT2D eigenvalue weighted by atomic mass is 32.2. The third-order valence-corrected chi connectivity index (χ3v) is 5.89. The van der Waals surface area contributed by atoms with Gasteiger partial charge in [0.05, 0.1) is 18.2 Å². The first-order valence-electron chi connectivity index (χ1n) is 9.34. The molecule has 9 heteroatoms. The number of benzene rings is 1. The van der Waals surface area contributed by atoms with Crippen molar-refractivity contribution in [2.24, 2.45) is 0 Å². The van der Waals surface area contributed by atoms with E-state index in [-0.39, 0.29) is 18.2 Å². The first kappa shape index (κ1) is 19.8. The molecular weight excluding hydrogens is 398 g/mol. The van der Waals surface area contributed by atoms with Gasteiger partial charge in [0.25, 0.3) is 11.7 Å². The molecule has 2 saturated heterocycles. The fourth-order valence-electron chi connectivity index (χ4n) is 3.75. The quantitative estimate of drug-likeness (QED) is 0.550. The second-order valence-corrected chi connectivity index (χ2v) is 7.93. The summed E-state index contributed by atoms with van der Waals surface area (Å²) in [5, 5.41) is 0. The number of pyridine rings is 1. The van der Waals surface area contributed by atoms with E-state index in [1.165, 1.54) is 17.0 Å². The molecule has 0 saturated carbocycles. The maximum atomic E-state index is 12.9. The van der Waals surface area contributed by atoms with Crippen LogP contribution in [0.1, 0.15) is 6.42 Å². The van der Waals surface area contributed by atoms with Crippen LogP contribution >= 0.6 is 11.8 Å². The molecule has 0 aliphatic carbocycles. The SMILES string of the molecule is O=C1C[C@@H](N2CCN(c3ccccn3)CC2)C(=O)N1c1ccc(SC(F)F)cc1. The number of rotatable bonds is 5. The molecule has 0 unspecified atom stereocenters. The van der Waals surface area contributed by atoms with E-state index < -0.39 is 11.8 Å². The van der Waals surface area contributed by atoms with Crippen molar-refractivity contribution in [3.8, 4) is 0 Å². The first-order valence-corrected chi connectivity index (χ1v) is 10.2. The predicted molar refractivity (Wildman–Crippen MR) is 107 cm³/mol. The molecule has 0 bridgehead atoms. The third kappa shape index (κ3) is 4.25. The second kappa shape index (κ2) is 8.46. The van der Waals surface area contributed by atoms with Gasteiger partial charge in [0, 0.05) is 37.3 Å². The van der Waals surface area contributed by atoms with Crippen LogP contribution in [-0.4, -0.2) is 59.7 Å². The van der Waals surface area contributed by atoms with E-state index >= 15 is 0 Å². The second-order valence-electron chi connectivity index (χ2n) is 6.87. The van der Waals surface area contributed by atoms with E-state index in [1.807, 2.05) is 23.1 Å². The Labute approximate surface area is 171 Å². The largest absolute Gasteiger partial charge is 0.354 e. The van der Waals surface area contributed by atoms with Crippen LogP contribution in [0.4, 0.5) is 20.3 Å². The van der Waals surface area contributed by atoms with Crippen LogP contribution in [0.5, 0.6) is 0 Å². The van der Waals surface area contributed by atoms with Gasteiger partial charge in [0.2, 0.25) is 5.91 Å². The molecule has 2 fully saturated rings. The summed E-state index contributed by atoms with van der Waals surface area (Å²) in [5.74, 6) is -2.12. The van der Waals surface area contributed by atoms with Crippen LogP contribution < -0.4 is 9.80 Å². The summed E-state index contributed by atoms with van der Waals surface area (Å²) < 4.78 is 24.9. The van der Waals surface area contributed by atoms with Gasteiger partial charge < -0.3 is 4.90 Å². The minimum absolute atomic E-state index is 0.135. The van der Waals surface area contributed by atoms with Crippen molar-refractivity contribution in [3.05, 3.63) is 48.7 Å². The maximum Gasteiger partial charge on any atom is 0.288 e. The highest BCUT2D eigenvalue weighted by molar-refractivity contribution is 7.99. The van der Waals surface area contributed by atoms with Crippen molar-refractivity contribution < 1.29 is 18.4 Å². The number of thioether (sulfide) groups is 1. The molecule has 2 aliphatic rings. The summed E-state index contributed by atoms with van der Waals surface area (Å²) in [7, 11) is 0. The van der Waals surface area contributed by atoms with Gasteiger partial charge in [-0.3, -0.25) is 14.5 Å². The molecule has 6 nitrogen and oxygen atoms in total. The summed E-state index contributed by atoms with van der Waals surface area (Å²) in [6.45, 7) is 2.79. The Morgan fingerprint density at radius 3 is 2.34 bits per heavy atom. The van der Waals surface area contributed by atoms with Crippen molar-refractivity contribution >= 4 is 35.1 Å². The zero-order chi connectivity index (χ0) is 20.4. The molecule has 0 N–H and O–H groups in total. The number of halogens is 2. The summed E-state index contributed by atoms with van der Waals surface area (Å²) in [4.78, 5) is 35.6. The van der Waals surface area contributed by atoms with E-state index in [2.05, 4.69) is 9.88 Å². The normalized spacial score (nSPS) is 20.7. The molecule has 29 heavy (non-hydrogen) atoms. The van der Waals surface area contributed by atoms with Gasteiger partial charge in [0.15, 0.2) is 0 Å². The van der Waals surface area contributed by atoms with E-state index in [1.54, 1.807) is 18.3 Å². The zero-order valence-corrected chi connectivity index (χ0v) is 16.4.